The Hall–Kier alpha value is -1.77. The van der Waals surface area contributed by atoms with E-state index < -0.39 is 6.10 Å². The van der Waals surface area contributed by atoms with Gasteiger partial charge in [-0.1, -0.05) is 18.7 Å². The second-order valence-corrected chi connectivity index (χ2v) is 3.97. The molecule has 0 radical (unpaired) electrons. The van der Waals surface area contributed by atoms with Crippen LogP contribution in [-0.2, 0) is 16.0 Å². The van der Waals surface area contributed by atoms with E-state index in [4.69, 9.17) is 9.47 Å². The number of fused-ring (bicyclic) bond motifs is 1. The molecule has 0 aliphatic carbocycles. The van der Waals surface area contributed by atoms with E-state index in [9.17, 15) is 4.79 Å². The molecule has 1 atom stereocenters. The second kappa shape index (κ2) is 5.04. The summed E-state index contributed by atoms with van der Waals surface area (Å²) < 4.78 is 10.6. The summed E-state index contributed by atoms with van der Waals surface area (Å²) in [5.41, 5.74) is 2.20. The molecule has 90 valence electrons. The smallest absolute Gasteiger partial charge is 0.347 e. The molecule has 0 N–H and O–H groups in total. The van der Waals surface area contributed by atoms with Gasteiger partial charge in [-0.15, -0.1) is 0 Å². The zero-order valence-corrected chi connectivity index (χ0v) is 9.94. The number of carbonyl (C=O) groups excluding carboxylic acids is 1. The third-order valence-corrected chi connectivity index (χ3v) is 2.81. The number of hydrogen-bond donors (Lipinski definition) is 0. The molecular weight excluding hydrogens is 216 g/mol. The van der Waals surface area contributed by atoms with Gasteiger partial charge < -0.3 is 9.47 Å². The maximum absolute atomic E-state index is 11.6. The van der Waals surface area contributed by atoms with Crippen LogP contribution in [0.5, 0.6) is 5.75 Å². The van der Waals surface area contributed by atoms with Gasteiger partial charge in [-0.2, -0.15) is 0 Å². The van der Waals surface area contributed by atoms with Gasteiger partial charge in [0.1, 0.15) is 5.75 Å². The maximum atomic E-state index is 11.6. The van der Waals surface area contributed by atoms with Gasteiger partial charge in [-0.05, 0) is 43.0 Å². The predicted octanol–water partition coefficient (Wildman–Crippen LogP) is 2.59. The summed E-state index contributed by atoms with van der Waals surface area (Å²) in [4.78, 5) is 11.6. The highest BCUT2D eigenvalue weighted by molar-refractivity contribution is 5.75. The molecule has 0 amide bonds. The van der Waals surface area contributed by atoms with E-state index >= 15 is 0 Å². The van der Waals surface area contributed by atoms with Crippen LogP contribution in [0.1, 0.15) is 24.5 Å². The average molecular weight is 232 g/mol. The minimum Gasteiger partial charge on any atom is -0.478 e. The minimum atomic E-state index is -0.461. The Bertz CT molecular complexity index is 437. The van der Waals surface area contributed by atoms with Crippen LogP contribution in [0, 0.1) is 0 Å². The number of hydrogen-bond acceptors (Lipinski definition) is 3. The lowest BCUT2D eigenvalue weighted by Gasteiger charge is -2.24. The van der Waals surface area contributed by atoms with Gasteiger partial charge in [-0.3, -0.25) is 0 Å². The molecule has 3 heteroatoms. The molecule has 0 fully saturated rings. The van der Waals surface area contributed by atoms with Gasteiger partial charge in [0.2, 0.25) is 0 Å². The third kappa shape index (κ3) is 2.49. The molecule has 0 aromatic heterocycles. The van der Waals surface area contributed by atoms with Crippen molar-refractivity contribution in [1.29, 1.82) is 0 Å². The highest BCUT2D eigenvalue weighted by Gasteiger charge is 2.26. The first-order chi connectivity index (χ1) is 8.24. The van der Waals surface area contributed by atoms with Crippen molar-refractivity contribution >= 4 is 12.0 Å². The molecule has 0 saturated heterocycles. The van der Waals surface area contributed by atoms with Crippen LogP contribution >= 0.6 is 0 Å². The van der Waals surface area contributed by atoms with Crippen LogP contribution in [-0.4, -0.2) is 18.7 Å². The predicted molar refractivity (Wildman–Crippen MR) is 65.9 cm³/mol. The lowest BCUT2D eigenvalue weighted by molar-refractivity contribution is -0.152. The molecule has 1 aromatic rings. The molecule has 1 heterocycles. The summed E-state index contributed by atoms with van der Waals surface area (Å²) in [6.45, 7) is 5.92. The van der Waals surface area contributed by atoms with Gasteiger partial charge in [0.05, 0.1) is 6.61 Å². The van der Waals surface area contributed by atoms with E-state index in [0.29, 0.717) is 13.0 Å². The average Bonchev–Trinajstić information content (AvgIpc) is 2.37. The van der Waals surface area contributed by atoms with Crippen molar-refractivity contribution in [3.8, 4) is 5.75 Å². The molecule has 0 bridgehead atoms. The standard InChI is InChI=1S/C14H16O3/c1-3-10-5-7-12-11(9-10)6-8-13(17-12)14(15)16-4-2/h3,5,7,9,13H,1,4,6,8H2,2H3. The van der Waals surface area contributed by atoms with Crippen LogP contribution in [0.15, 0.2) is 24.8 Å². The summed E-state index contributed by atoms with van der Waals surface area (Å²) >= 11 is 0. The lowest BCUT2D eigenvalue weighted by Crippen LogP contribution is -2.32. The van der Waals surface area contributed by atoms with E-state index in [0.717, 1.165) is 23.3 Å². The topological polar surface area (TPSA) is 35.5 Å². The van der Waals surface area contributed by atoms with Gasteiger partial charge in [-0.25, -0.2) is 4.79 Å². The summed E-state index contributed by atoms with van der Waals surface area (Å²) in [6.07, 6.45) is 2.85. The zero-order valence-electron chi connectivity index (χ0n) is 9.94. The van der Waals surface area contributed by atoms with Gasteiger partial charge in [0, 0.05) is 0 Å². The molecule has 0 spiro atoms. The summed E-state index contributed by atoms with van der Waals surface area (Å²) in [5.74, 6) is 0.505. The molecule has 1 aliphatic heterocycles. The van der Waals surface area contributed by atoms with Crippen molar-refractivity contribution in [3.05, 3.63) is 35.9 Å². The minimum absolute atomic E-state index is 0.272. The quantitative estimate of drug-likeness (QED) is 0.751. The van der Waals surface area contributed by atoms with E-state index in [-0.39, 0.29) is 5.97 Å². The normalized spacial score (nSPS) is 17.8. The third-order valence-electron chi connectivity index (χ3n) is 2.81. The number of esters is 1. The first-order valence-electron chi connectivity index (χ1n) is 5.83. The Labute approximate surface area is 101 Å². The summed E-state index contributed by atoms with van der Waals surface area (Å²) in [7, 11) is 0. The van der Waals surface area contributed by atoms with Crippen molar-refractivity contribution < 1.29 is 14.3 Å². The number of ether oxygens (including phenoxy) is 2. The number of carbonyl (C=O) groups is 1. The largest absolute Gasteiger partial charge is 0.478 e. The fourth-order valence-electron chi connectivity index (χ4n) is 1.94. The van der Waals surface area contributed by atoms with Crippen LogP contribution in [0.4, 0.5) is 0 Å². The Morgan fingerprint density at radius 3 is 3.18 bits per heavy atom. The van der Waals surface area contributed by atoms with Crippen LogP contribution < -0.4 is 4.74 Å². The van der Waals surface area contributed by atoms with Crippen LogP contribution in [0.3, 0.4) is 0 Å². The molecule has 1 aromatic carbocycles. The molecule has 1 aliphatic rings. The van der Waals surface area contributed by atoms with Crippen LogP contribution in [0.2, 0.25) is 0 Å². The SMILES string of the molecule is C=Cc1ccc2c(c1)CCC(C(=O)OCC)O2. The summed E-state index contributed by atoms with van der Waals surface area (Å²) in [6, 6.07) is 5.86. The molecule has 3 nitrogen and oxygen atoms in total. The Balaban J connectivity index is 2.14. The van der Waals surface area contributed by atoms with E-state index in [1.165, 1.54) is 0 Å². The Morgan fingerprint density at radius 1 is 1.65 bits per heavy atom. The number of aryl methyl sites for hydroxylation is 1. The fourth-order valence-corrected chi connectivity index (χ4v) is 1.94. The molecular formula is C14H16O3. The Morgan fingerprint density at radius 2 is 2.47 bits per heavy atom. The zero-order chi connectivity index (χ0) is 12.3. The van der Waals surface area contributed by atoms with Crippen molar-refractivity contribution in [2.24, 2.45) is 0 Å². The van der Waals surface area contributed by atoms with Gasteiger partial charge >= 0.3 is 5.97 Å². The molecule has 2 rings (SSSR count). The van der Waals surface area contributed by atoms with Crippen molar-refractivity contribution in [1.82, 2.24) is 0 Å². The van der Waals surface area contributed by atoms with E-state index in [1.807, 2.05) is 18.2 Å². The van der Waals surface area contributed by atoms with Gasteiger partial charge in [0.15, 0.2) is 6.10 Å². The number of rotatable bonds is 3. The lowest BCUT2D eigenvalue weighted by atomic mass is 10.00. The number of benzene rings is 1. The van der Waals surface area contributed by atoms with E-state index in [2.05, 4.69) is 6.58 Å². The van der Waals surface area contributed by atoms with Crippen molar-refractivity contribution in [3.63, 3.8) is 0 Å². The maximum Gasteiger partial charge on any atom is 0.347 e. The van der Waals surface area contributed by atoms with Crippen molar-refractivity contribution in [2.45, 2.75) is 25.9 Å². The second-order valence-electron chi connectivity index (χ2n) is 3.97. The van der Waals surface area contributed by atoms with E-state index in [1.54, 1.807) is 13.0 Å². The Kier molecular flexibility index (Phi) is 3.47. The first kappa shape index (κ1) is 11.7. The van der Waals surface area contributed by atoms with Crippen LogP contribution in [0.25, 0.3) is 6.08 Å². The summed E-state index contributed by atoms with van der Waals surface area (Å²) in [5, 5.41) is 0. The highest BCUT2D eigenvalue weighted by atomic mass is 16.6. The monoisotopic (exact) mass is 232 g/mol. The molecule has 1 unspecified atom stereocenters. The molecule has 17 heavy (non-hydrogen) atoms. The molecule has 0 saturated carbocycles. The van der Waals surface area contributed by atoms with Crippen molar-refractivity contribution in [2.75, 3.05) is 6.61 Å². The first-order valence-corrected chi connectivity index (χ1v) is 5.83. The van der Waals surface area contributed by atoms with Gasteiger partial charge in [0.25, 0.3) is 0 Å². The fraction of sp³-hybridized carbons (Fsp3) is 0.357. The highest BCUT2D eigenvalue weighted by Crippen LogP contribution is 2.29.